The Kier molecular flexibility index (Phi) is 2.48. The molecule has 0 aliphatic heterocycles. The summed E-state index contributed by atoms with van der Waals surface area (Å²) in [5, 5.41) is 0.636. The van der Waals surface area contributed by atoms with Gasteiger partial charge in [-0.1, -0.05) is 0 Å². The van der Waals surface area contributed by atoms with E-state index in [4.69, 9.17) is 5.73 Å². The van der Waals surface area contributed by atoms with Crippen molar-refractivity contribution >= 4 is 10.9 Å². The van der Waals surface area contributed by atoms with Crippen molar-refractivity contribution in [1.29, 1.82) is 0 Å². The third kappa shape index (κ3) is 1.82. The van der Waals surface area contributed by atoms with Gasteiger partial charge in [0, 0.05) is 6.04 Å². The van der Waals surface area contributed by atoms with Gasteiger partial charge in [-0.25, -0.2) is 4.98 Å². The summed E-state index contributed by atoms with van der Waals surface area (Å²) >= 11 is 0. The van der Waals surface area contributed by atoms with E-state index in [1.807, 2.05) is 19.1 Å². The van der Waals surface area contributed by atoms with Crippen LogP contribution >= 0.6 is 0 Å². The van der Waals surface area contributed by atoms with Crippen LogP contribution in [-0.4, -0.2) is 9.97 Å². The Morgan fingerprint density at radius 2 is 2.17 bits per heavy atom. The molecule has 1 saturated carbocycles. The van der Waals surface area contributed by atoms with E-state index in [1.54, 1.807) is 6.92 Å². The molecule has 0 amide bonds. The molecule has 1 fully saturated rings. The number of aryl methyl sites for hydroxylation is 1. The Morgan fingerprint density at radius 3 is 2.78 bits per heavy atom. The first-order chi connectivity index (χ1) is 8.56. The fourth-order valence-corrected chi connectivity index (χ4v) is 2.48. The second-order valence-electron chi connectivity index (χ2n) is 5.21. The number of aromatic amines is 1. The van der Waals surface area contributed by atoms with Crippen LogP contribution in [0.3, 0.4) is 0 Å². The average Bonchev–Trinajstić information content (AvgIpc) is 3.10. The minimum atomic E-state index is -0.0817. The molecule has 94 valence electrons. The van der Waals surface area contributed by atoms with Crippen molar-refractivity contribution in [2.75, 3.05) is 0 Å². The van der Waals surface area contributed by atoms with Crippen molar-refractivity contribution in [2.24, 2.45) is 5.73 Å². The largest absolute Gasteiger partial charge is 0.324 e. The molecule has 1 aromatic heterocycles. The van der Waals surface area contributed by atoms with Crippen molar-refractivity contribution in [2.45, 2.75) is 38.6 Å². The molecular formula is C14H17N3O. The molecule has 3 rings (SSSR count). The molecule has 1 unspecified atom stereocenters. The molecule has 4 heteroatoms. The Morgan fingerprint density at radius 1 is 1.44 bits per heavy atom. The summed E-state index contributed by atoms with van der Waals surface area (Å²) in [6, 6.07) is 3.91. The van der Waals surface area contributed by atoms with Crippen LogP contribution in [0.4, 0.5) is 0 Å². The summed E-state index contributed by atoms with van der Waals surface area (Å²) in [5.74, 6) is 1.26. The Hall–Kier alpha value is -1.68. The molecule has 4 nitrogen and oxygen atoms in total. The van der Waals surface area contributed by atoms with E-state index in [-0.39, 0.29) is 11.6 Å². The zero-order valence-electron chi connectivity index (χ0n) is 10.7. The maximum Gasteiger partial charge on any atom is 0.258 e. The topological polar surface area (TPSA) is 71.8 Å². The number of nitrogens with two attached hydrogens (primary N) is 1. The van der Waals surface area contributed by atoms with Gasteiger partial charge in [-0.2, -0.15) is 0 Å². The SMILES string of the molecule is Cc1nc2cc(C3CC3)c(C(C)N)cc2c(=O)[nH]1. The summed E-state index contributed by atoms with van der Waals surface area (Å²) in [6.07, 6.45) is 2.43. The molecule has 1 aliphatic carbocycles. The second kappa shape index (κ2) is 3.92. The normalized spacial score (nSPS) is 17.1. The minimum absolute atomic E-state index is 0.0503. The van der Waals surface area contributed by atoms with E-state index in [2.05, 4.69) is 9.97 Å². The van der Waals surface area contributed by atoms with E-state index in [1.165, 1.54) is 18.4 Å². The van der Waals surface area contributed by atoms with E-state index in [9.17, 15) is 4.79 Å². The molecule has 1 atom stereocenters. The molecule has 18 heavy (non-hydrogen) atoms. The lowest BCUT2D eigenvalue weighted by molar-refractivity contribution is 0.800. The van der Waals surface area contributed by atoms with E-state index in [0.717, 1.165) is 11.1 Å². The third-order valence-corrected chi connectivity index (χ3v) is 3.54. The zero-order valence-corrected chi connectivity index (χ0v) is 10.7. The molecule has 1 aliphatic rings. The monoisotopic (exact) mass is 243 g/mol. The number of hydrogen-bond donors (Lipinski definition) is 2. The zero-order chi connectivity index (χ0) is 12.9. The lowest BCUT2D eigenvalue weighted by atomic mass is 9.96. The molecular weight excluding hydrogens is 226 g/mol. The van der Waals surface area contributed by atoms with Crippen molar-refractivity contribution < 1.29 is 0 Å². The number of nitrogens with zero attached hydrogens (tertiary/aromatic N) is 1. The predicted molar refractivity (Wildman–Crippen MR) is 71.7 cm³/mol. The number of rotatable bonds is 2. The number of benzene rings is 1. The Balaban J connectivity index is 2.33. The van der Waals surface area contributed by atoms with Crippen LogP contribution < -0.4 is 11.3 Å². The molecule has 2 aromatic rings. The fourth-order valence-electron chi connectivity index (χ4n) is 2.48. The number of hydrogen-bond acceptors (Lipinski definition) is 3. The van der Waals surface area contributed by atoms with Crippen molar-refractivity contribution in [3.63, 3.8) is 0 Å². The molecule has 0 bridgehead atoms. The minimum Gasteiger partial charge on any atom is -0.324 e. The molecule has 3 N–H and O–H groups in total. The van der Waals surface area contributed by atoms with Crippen LogP contribution in [0.2, 0.25) is 0 Å². The van der Waals surface area contributed by atoms with Gasteiger partial charge < -0.3 is 10.7 Å². The summed E-state index contributed by atoms with van der Waals surface area (Å²) in [5.41, 5.74) is 9.07. The Bertz CT molecular complexity index is 669. The lowest BCUT2D eigenvalue weighted by Gasteiger charge is -2.13. The number of fused-ring (bicyclic) bond motifs is 1. The first-order valence-corrected chi connectivity index (χ1v) is 6.36. The van der Waals surface area contributed by atoms with E-state index >= 15 is 0 Å². The summed E-state index contributed by atoms with van der Waals surface area (Å²) in [7, 11) is 0. The van der Waals surface area contributed by atoms with Crippen LogP contribution in [0.25, 0.3) is 10.9 Å². The van der Waals surface area contributed by atoms with Crippen molar-refractivity contribution in [3.05, 3.63) is 39.4 Å². The maximum absolute atomic E-state index is 11.9. The highest BCUT2D eigenvalue weighted by atomic mass is 16.1. The van der Waals surface area contributed by atoms with Crippen molar-refractivity contribution in [3.8, 4) is 0 Å². The van der Waals surface area contributed by atoms with Gasteiger partial charge in [-0.15, -0.1) is 0 Å². The Labute approximate surface area is 105 Å². The predicted octanol–water partition coefficient (Wildman–Crippen LogP) is 2.13. The van der Waals surface area contributed by atoms with E-state index in [0.29, 0.717) is 17.1 Å². The number of aromatic nitrogens is 2. The van der Waals surface area contributed by atoms with Crippen LogP contribution in [0.15, 0.2) is 16.9 Å². The lowest BCUT2D eigenvalue weighted by Crippen LogP contribution is -2.13. The second-order valence-corrected chi connectivity index (χ2v) is 5.21. The van der Waals surface area contributed by atoms with Crippen molar-refractivity contribution in [1.82, 2.24) is 9.97 Å². The van der Waals surface area contributed by atoms with Gasteiger partial charge >= 0.3 is 0 Å². The first-order valence-electron chi connectivity index (χ1n) is 6.36. The highest BCUT2D eigenvalue weighted by molar-refractivity contribution is 5.80. The number of nitrogens with one attached hydrogen (secondary N) is 1. The van der Waals surface area contributed by atoms with Crippen LogP contribution in [0.1, 0.15) is 48.7 Å². The van der Waals surface area contributed by atoms with Gasteiger partial charge in [0.1, 0.15) is 5.82 Å². The summed E-state index contributed by atoms with van der Waals surface area (Å²) < 4.78 is 0. The number of H-pyrrole nitrogens is 1. The summed E-state index contributed by atoms with van der Waals surface area (Å²) in [4.78, 5) is 19.1. The molecule has 0 saturated heterocycles. The summed E-state index contributed by atoms with van der Waals surface area (Å²) in [6.45, 7) is 3.76. The first kappa shape index (κ1) is 11.4. The van der Waals surface area contributed by atoms with Gasteiger partial charge in [-0.05, 0) is 55.9 Å². The van der Waals surface area contributed by atoms with Gasteiger partial charge in [0.2, 0.25) is 0 Å². The van der Waals surface area contributed by atoms with Crippen LogP contribution in [0, 0.1) is 6.92 Å². The fraction of sp³-hybridized carbons (Fsp3) is 0.429. The molecule has 0 radical (unpaired) electrons. The standard InChI is InChI=1S/C14H17N3O/c1-7(15)10-5-12-13(6-11(10)9-3-4-9)16-8(2)17-14(12)18/h5-7,9H,3-4,15H2,1-2H3,(H,16,17,18). The quantitative estimate of drug-likeness (QED) is 0.848. The molecule has 1 heterocycles. The van der Waals surface area contributed by atoms with Gasteiger partial charge in [0.25, 0.3) is 5.56 Å². The van der Waals surface area contributed by atoms with Gasteiger partial charge in [-0.3, -0.25) is 4.79 Å². The third-order valence-electron chi connectivity index (χ3n) is 3.54. The van der Waals surface area contributed by atoms with E-state index < -0.39 is 0 Å². The van der Waals surface area contributed by atoms with Gasteiger partial charge in [0.15, 0.2) is 0 Å². The maximum atomic E-state index is 11.9. The highest BCUT2D eigenvalue weighted by Gasteiger charge is 2.27. The van der Waals surface area contributed by atoms with Crippen LogP contribution in [0.5, 0.6) is 0 Å². The van der Waals surface area contributed by atoms with Gasteiger partial charge in [0.05, 0.1) is 10.9 Å². The average molecular weight is 243 g/mol. The smallest absolute Gasteiger partial charge is 0.258 e. The van der Waals surface area contributed by atoms with Crippen LogP contribution in [-0.2, 0) is 0 Å². The molecule has 1 aromatic carbocycles. The highest BCUT2D eigenvalue weighted by Crippen LogP contribution is 2.43. The molecule has 0 spiro atoms.